The van der Waals surface area contributed by atoms with E-state index in [9.17, 15) is 0 Å². The second kappa shape index (κ2) is 10.7. The third-order valence-electron chi connectivity index (χ3n) is 5.03. The number of halogens is 1. The zero-order chi connectivity index (χ0) is 20.1. The molecule has 0 aliphatic heterocycles. The van der Waals surface area contributed by atoms with Crippen molar-refractivity contribution in [1.29, 1.82) is 0 Å². The first-order valence-electron chi connectivity index (χ1n) is 9.65. The predicted molar refractivity (Wildman–Crippen MR) is 127 cm³/mol. The van der Waals surface area contributed by atoms with Gasteiger partial charge in [-0.25, -0.2) is 12.2 Å². The van der Waals surface area contributed by atoms with Crippen molar-refractivity contribution in [1.82, 2.24) is 4.57 Å². The molecule has 0 atom stereocenters. The van der Waals surface area contributed by atoms with Crippen molar-refractivity contribution < 1.29 is 26.2 Å². The van der Waals surface area contributed by atoms with Gasteiger partial charge in [0, 0.05) is 17.2 Å². The van der Waals surface area contributed by atoms with Gasteiger partial charge in [0.05, 0.1) is 11.0 Å². The quantitative estimate of drug-likeness (QED) is 0.168. The van der Waals surface area contributed by atoms with Crippen LogP contribution in [-0.4, -0.2) is 11.0 Å². The summed E-state index contributed by atoms with van der Waals surface area (Å²) in [5.74, 6) is 0. The van der Waals surface area contributed by atoms with Crippen LogP contribution in [0.4, 0.5) is 0 Å². The zero-order valence-electron chi connectivity index (χ0n) is 16.8. The summed E-state index contributed by atoms with van der Waals surface area (Å²) in [6, 6.07) is 30.3. The summed E-state index contributed by atoms with van der Waals surface area (Å²) >= 11 is 4.64. The topological polar surface area (TPSA) is 4.93 Å². The van der Waals surface area contributed by atoms with Crippen LogP contribution >= 0.6 is 11.6 Å². The fraction of sp³-hybridized carbons (Fsp3) is 0.0741. The Morgan fingerprint density at radius 3 is 1.97 bits per heavy atom. The van der Waals surface area contributed by atoms with Gasteiger partial charge in [-0.1, -0.05) is 42.5 Å². The molecule has 0 unspecified atom stereocenters. The second-order valence-corrected chi connectivity index (χ2v) is 6.72. The molecule has 0 fully saturated rings. The molecular weight excluding hydrogens is 465 g/mol. The van der Waals surface area contributed by atoms with Gasteiger partial charge in [-0.2, -0.15) is 6.08 Å². The minimum absolute atomic E-state index is 0. The molecule has 5 aromatic rings. The van der Waals surface area contributed by atoms with Crippen LogP contribution in [0, 0.1) is 6.08 Å². The molecule has 3 heteroatoms. The number of para-hydroxylation sites is 2. The summed E-state index contributed by atoms with van der Waals surface area (Å²) in [6.07, 6.45) is 11.5. The van der Waals surface area contributed by atoms with Crippen molar-refractivity contribution in [2.45, 2.75) is 6.42 Å². The standard InChI is InChI=1S/C21H14N.C5H5.CH3Cl.Zr/c1-2-8-16-14-17(13-15(16)7-1)22-20-11-5-3-9-18(20)19-10-4-6-12-21(19)22;1-2-4-5-3-1;1-2;/h1-14H;1-3H,4H2;1H3;/q2*-1;;+2. The van der Waals surface area contributed by atoms with E-state index >= 15 is 0 Å². The van der Waals surface area contributed by atoms with Crippen LogP contribution in [0.1, 0.15) is 6.42 Å². The first kappa shape index (κ1) is 22.4. The van der Waals surface area contributed by atoms with Crippen molar-refractivity contribution >= 4 is 44.2 Å². The number of benzene rings is 3. The molecule has 1 nitrogen and oxygen atoms in total. The third kappa shape index (κ3) is 4.41. The fourth-order valence-electron chi connectivity index (χ4n) is 3.80. The van der Waals surface area contributed by atoms with Crippen molar-refractivity contribution in [3.8, 4) is 5.69 Å². The third-order valence-corrected chi connectivity index (χ3v) is 5.03. The van der Waals surface area contributed by atoms with E-state index in [0.717, 1.165) is 6.42 Å². The van der Waals surface area contributed by atoms with E-state index in [2.05, 4.69) is 113 Å². The molecule has 0 bridgehead atoms. The maximum absolute atomic E-state index is 4.64. The number of fused-ring (bicyclic) bond motifs is 4. The van der Waals surface area contributed by atoms with Crippen LogP contribution in [0.25, 0.3) is 38.3 Å². The predicted octanol–water partition coefficient (Wildman–Crippen LogP) is 7.81. The molecule has 6 rings (SSSR count). The van der Waals surface area contributed by atoms with Gasteiger partial charge in [-0.3, -0.25) is 6.08 Å². The Kier molecular flexibility index (Phi) is 7.96. The number of nitrogens with zero attached hydrogens (tertiary/aromatic N) is 1. The average Bonchev–Trinajstić information content (AvgIpc) is 3.54. The van der Waals surface area contributed by atoms with Crippen LogP contribution < -0.4 is 0 Å². The second-order valence-electron chi connectivity index (χ2n) is 6.72. The molecule has 0 spiro atoms. The van der Waals surface area contributed by atoms with Crippen molar-refractivity contribution in [3.63, 3.8) is 0 Å². The van der Waals surface area contributed by atoms with Gasteiger partial charge in [0.25, 0.3) is 0 Å². The fourth-order valence-corrected chi connectivity index (χ4v) is 3.80. The molecular formula is C27H22ClNZr. The SMILES string of the molecule is CCl.[C-]1=CC=CC1.[Zr+2].c1ccc2[cH-]c(-n3c4ccccc4c4ccccc43)cc2c1. The summed E-state index contributed by atoms with van der Waals surface area (Å²) in [4.78, 5) is 0. The normalized spacial score (nSPS) is 11.7. The molecule has 0 amide bonds. The van der Waals surface area contributed by atoms with Crippen LogP contribution in [0.3, 0.4) is 0 Å². The number of hydrogen-bond donors (Lipinski definition) is 0. The Labute approximate surface area is 201 Å². The van der Waals surface area contributed by atoms with E-state index in [-0.39, 0.29) is 26.2 Å². The monoisotopic (exact) mass is 485 g/mol. The molecule has 30 heavy (non-hydrogen) atoms. The van der Waals surface area contributed by atoms with Gasteiger partial charge in [0.2, 0.25) is 0 Å². The van der Waals surface area contributed by atoms with E-state index < -0.39 is 0 Å². The van der Waals surface area contributed by atoms with Crippen LogP contribution in [0.5, 0.6) is 0 Å². The number of alkyl halides is 1. The van der Waals surface area contributed by atoms with Gasteiger partial charge in [-0.15, -0.1) is 59.1 Å². The maximum atomic E-state index is 4.64. The number of allylic oxidation sites excluding steroid dienone is 4. The smallest absolute Gasteiger partial charge is 0.328 e. The van der Waals surface area contributed by atoms with E-state index in [1.807, 2.05) is 12.2 Å². The minimum Gasteiger partial charge on any atom is -0.328 e. The molecule has 1 heterocycles. The van der Waals surface area contributed by atoms with E-state index in [4.69, 9.17) is 0 Å². The van der Waals surface area contributed by atoms with Gasteiger partial charge in [0.1, 0.15) is 0 Å². The summed E-state index contributed by atoms with van der Waals surface area (Å²) < 4.78 is 2.37. The maximum Gasteiger partial charge on any atom is 2.00 e. The van der Waals surface area contributed by atoms with E-state index in [1.165, 1.54) is 44.6 Å². The number of aromatic nitrogens is 1. The summed E-state index contributed by atoms with van der Waals surface area (Å²) in [5.41, 5.74) is 3.76. The van der Waals surface area contributed by atoms with Crippen molar-refractivity contribution in [3.05, 3.63) is 109 Å². The van der Waals surface area contributed by atoms with E-state index in [1.54, 1.807) is 0 Å². The van der Waals surface area contributed by atoms with Crippen molar-refractivity contribution in [2.75, 3.05) is 6.38 Å². The van der Waals surface area contributed by atoms with Crippen LogP contribution in [0.15, 0.2) is 103 Å². The van der Waals surface area contributed by atoms with Crippen LogP contribution in [-0.2, 0) is 26.2 Å². The summed E-state index contributed by atoms with van der Waals surface area (Å²) in [5, 5.41) is 5.20. The zero-order valence-corrected chi connectivity index (χ0v) is 20.1. The molecule has 1 aliphatic carbocycles. The minimum atomic E-state index is 0. The molecule has 0 saturated heterocycles. The molecule has 0 saturated carbocycles. The molecule has 4 aromatic carbocycles. The molecule has 0 radical (unpaired) electrons. The molecule has 1 aromatic heterocycles. The molecule has 1 aliphatic rings. The summed E-state index contributed by atoms with van der Waals surface area (Å²) in [7, 11) is 0. The summed E-state index contributed by atoms with van der Waals surface area (Å²) in [6.45, 7) is 0. The Morgan fingerprint density at radius 2 is 1.43 bits per heavy atom. The first-order valence-corrected chi connectivity index (χ1v) is 10.4. The van der Waals surface area contributed by atoms with Gasteiger partial charge in [-0.05, 0) is 17.8 Å². The Morgan fingerprint density at radius 1 is 0.833 bits per heavy atom. The Bertz CT molecular complexity index is 1210. The Hall–Kier alpha value is -2.28. The van der Waals surface area contributed by atoms with Gasteiger partial charge in [0.15, 0.2) is 0 Å². The van der Waals surface area contributed by atoms with Gasteiger partial charge >= 0.3 is 26.2 Å². The number of rotatable bonds is 1. The van der Waals surface area contributed by atoms with Crippen LogP contribution in [0.2, 0.25) is 0 Å². The molecule has 146 valence electrons. The van der Waals surface area contributed by atoms with Crippen molar-refractivity contribution in [2.24, 2.45) is 0 Å². The molecule has 0 N–H and O–H groups in total. The Balaban J connectivity index is 0.000000279. The average molecular weight is 487 g/mol. The largest absolute Gasteiger partial charge is 2.00 e. The number of hydrogen-bond acceptors (Lipinski definition) is 0. The first-order chi connectivity index (χ1) is 14.4. The van der Waals surface area contributed by atoms with Gasteiger partial charge < -0.3 is 4.57 Å². The van der Waals surface area contributed by atoms with E-state index in [0.29, 0.717) is 0 Å².